The second kappa shape index (κ2) is 24.3. The summed E-state index contributed by atoms with van der Waals surface area (Å²) in [5.41, 5.74) is 5.81. The normalized spacial score (nSPS) is 12.1. The fourth-order valence-corrected chi connectivity index (χ4v) is 7.58. The summed E-state index contributed by atoms with van der Waals surface area (Å²) in [4.78, 5) is 78.9. The molecular formula is C48H46Cl4N8O6. The zero-order valence-corrected chi connectivity index (χ0v) is 39.4. The van der Waals surface area contributed by atoms with Gasteiger partial charge in [-0.25, -0.2) is 0 Å². The van der Waals surface area contributed by atoms with Crippen LogP contribution in [0.25, 0.3) is 0 Å². The number of aryl methyl sites for hydroxylation is 2. The Morgan fingerprint density at radius 2 is 0.879 bits per heavy atom. The molecule has 0 aromatic heterocycles. The fourth-order valence-electron chi connectivity index (χ4n) is 6.68. The van der Waals surface area contributed by atoms with E-state index in [-0.39, 0.29) is 32.5 Å². The molecule has 14 nitrogen and oxygen atoms in total. The molecule has 0 aliphatic rings. The molecule has 4 amide bonds. The van der Waals surface area contributed by atoms with Crippen molar-refractivity contribution in [2.45, 2.75) is 65.5 Å². The largest absolute Gasteiger partial charge is 0.323 e. The summed E-state index contributed by atoms with van der Waals surface area (Å²) in [6, 6.07) is 23.1. The van der Waals surface area contributed by atoms with Crippen LogP contribution in [0.3, 0.4) is 0 Å². The number of anilines is 4. The van der Waals surface area contributed by atoms with Gasteiger partial charge < -0.3 is 21.3 Å². The van der Waals surface area contributed by atoms with Crippen LogP contribution in [-0.2, 0) is 44.9 Å². The number of halogens is 4. The zero-order chi connectivity index (χ0) is 47.9. The Bertz CT molecular complexity index is 2490. The Kier molecular flexibility index (Phi) is 18.6. The van der Waals surface area contributed by atoms with Gasteiger partial charge in [0.15, 0.2) is 11.6 Å². The second-order valence-corrected chi connectivity index (χ2v) is 16.5. The van der Waals surface area contributed by atoms with Crippen molar-refractivity contribution < 1.29 is 28.8 Å². The van der Waals surface area contributed by atoms with Gasteiger partial charge in [0, 0.05) is 55.7 Å². The maximum Gasteiger partial charge on any atom is 0.258 e. The van der Waals surface area contributed by atoms with Crippen LogP contribution >= 0.6 is 46.4 Å². The average molecular weight is 973 g/mol. The first kappa shape index (κ1) is 50.7. The highest BCUT2D eigenvalue weighted by molar-refractivity contribution is 6.31. The number of ketones is 2. The fraction of sp³-hybridized carbons (Fsp3) is 0.250. The molecule has 5 aromatic rings. The number of hydrogen-bond acceptors (Lipinski definition) is 10. The minimum Gasteiger partial charge on any atom is -0.323 e. The molecule has 2 atom stereocenters. The number of nitrogens with one attached hydrogen (secondary N) is 4. The topological polar surface area (TPSA) is 200 Å². The molecule has 4 N–H and O–H groups in total. The third kappa shape index (κ3) is 14.1. The Morgan fingerprint density at radius 1 is 0.515 bits per heavy atom. The summed E-state index contributed by atoms with van der Waals surface area (Å²) in [7, 11) is 0. The van der Waals surface area contributed by atoms with E-state index in [0.717, 1.165) is 11.1 Å². The quantitative estimate of drug-likeness (QED) is 0.0340. The van der Waals surface area contributed by atoms with Crippen molar-refractivity contribution in [1.29, 1.82) is 0 Å². The van der Waals surface area contributed by atoms with Gasteiger partial charge in [-0.3, -0.25) is 28.8 Å². The summed E-state index contributed by atoms with van der Waals surface area (Å²) in [5.74, 6) is -2.72. The number of nitrogens with zero attached hydrogens (tertiary/aromatic N) is 4. The van der Waals surface area contributed by atoms with Gasteiger partial charge >= 0.3 is 0 Å². The third-order valence-electron chi connectivity index (χ3n) is 9.98. The van der Waals surface area contributed by atoms with E-state index in [1.807, 2.05) is 38.1 Å². The van der Waals surface area contributed by atoms with Crippen molar-refractivity contribution in [3.63, 3.8) is 0 Å². The molecular weight excluding hydrogens is 926 g/mol. The highest BCUT2D eigenvalue weighted by Crippen LogP contribution is 2.31. The Hall–Kier alpha value is -6.32. The van der Waals surface area contributed by atoms with Crippen LogP contribution in [-0.4, -0.2) is 59.0 Å². The molecule has 0 aliphatic carbocycles. The van der Waals surface area contributed by atoms with Crippen molar-refractivity contribution in [3.05, 3.63) is 140 Å². The first-order valence-corrected chi connectivity index (χ1v) is 22.6. The molecule has 18 heteroatoms. The molecule has 0 spiro atoms. The van der Waals surface area contributed by atoms with Crippen LogP contribution in [0.5, 0.6) is 0 Å². The number of benzene rings is 5. The summed E-state index contributed by atoms with van der Waals surface area (Å²) in [5, 5.41) is 27.8. The van der Waals surface area contributed by atoms with E-state index in [9.17, 15) is 28.8 Å². The van der Waals surface area contributed by atoms with E-state index in [4.69, 9.17) is 46.4 Å². The van der Waals surface area contributed by atoms with Gasteiger partial charge in [-0.1, -0.05) is 61.3 Å². The summed E-state index contributed by atoms with van der Waals surface area (Å²) < 4.78 is 0. The van der Waals surface area contributed by atoms with Gasteiger partial charge in [-0.15, -0.1) is 23.2 Å². The smallest absolute Gasteiger partial charge is 0.258 e. The molecule has 0 saturated carbocycles. The van der Waals surface area contributed by atoms with Gasteiger partial charge in [-0.05, 0) is 135 Å². The third-order valence-corrected chi connectivity index (χ3v) is 10.8. The lowest BCUT2D eigenvalue weighted by atomic mass is 9.98. The molecule has 2 unspecified atom stereocenters. The van der Waals surface area contributed by atoms with E-state index in [2.05, 4.69) is 41.7 Å². The molecule has 0 fully saturated rings. The molecule has 0 bridgehead atoms. The van der Waals surface area contributed by atoms with E-state index in [1.165, 1.54) is 50.2 Å². The van der Waals surface area contributed by atoms with Crippen LogP contribution in [0, 0.1) is 0 Å². The highest BCUT2D eigenvalue weighted by atomic mass is 35.5. The standard InChI is InChI=1S/C48H46Cl4N8O6/c1-5-39-40(6-2)42(56-48(66)44(28(4)62)60-58-38-24-32(22-34(52)26-38)46(64)54-36-13-9-30(10-14-36)18-20-50)16-15-41(39)55-47(65)43(27(3)61)59-57-37-23-31(21-33(51)25-37)45(63)53-35-11-7-29(8-12-35)17-19-49/h7-16,21-26,43-44H,5-6,17-20H2,1-4H3,(H,53,63)(H,54,64)(H,55,65)(H,56,66). The second-order valence-electron chi connectivity index (χ2n) is 14.8. The van der Waals surface area contributed by atoms with Gasteiger partial charge in [-0.2, -0.15) is 20.5 Å². The summed E-state index contributed by atoms with van der Waals surface area (Å²) in [6.45, 7) is 6.11. The number of amides is 4. The number of rotatable bonds is 20. The SMILES string of the molecule is CCc1c(NC(=O)C(N=Nc2cc(Cl)cc(C(=O)Nc3ccc(CCCl)cc3)c2)C(C)=O)ccc(NC(=O)C(N=Nc2cc(Cl)cc(C(=O)Nc3ccc(CCCl)cc3)c2)C(C)=O)c1CC. The molecule has 0 aliphatic heterocycles. The number of carbonyl (C=O) groups is 6. The van der Waals surface area contributed by atoms with Crippen molar-refractivity contribution in [3.8, 4) is 0 Å². The number of alkyl halides is 2. The summed E-state index contributed by atoms with van der Waals surface area (Å²) >= 11 is 24.3. The predicted molar refractivity (Wildman–Crippen MR) is 261 cm³/mol. The lowest BCUT2D eigenvalue weighted by Crippen LogP contribution is -2.33. The Balaban J connectivity index is 1.28. The first-order valence-electron chi connectivity index (χ1n) is 20.8. The molecule has 342 valence electrons. The zero-order valence-electron chi connectivity index (χ0n) is 36.4. The molecule has 0 radical (unpaired) electrons. The van der Waals surface area contributed by atoms with Crippen molar-refractivity contribution in [2.75, 3.05) is 33.0 Å². The lowest BCUT2D eigenvalue weighted by molar-refractivity contribution is -0.127. The number of azo groups is 2. The predicted octanol–water partition coefficient (Wildman–Crippen LogP) is 11.5. The molecule has 0 saturated heterocycles. The van der Waals surface area contributed by atoms with E-state index in [0.29, 0.717) is 71.3 Å². The van der Waals surface area contributed by atoms with Crippen LogP contribution in [0.2, 0.25) is 10.0 Å². The number of carbonyl (C=O) groups excluding carboxylic acids is 6. The minimum absolute atomic E-state index is 0.135. The monoisotopic (exact) mass is 970 g/mol. The van der Waals surface area contributed by atoms with E-state index in [1.54, 1.807) is 36.4 Å². The van der Waals surface area contributed by atoms with Crippen LogP contribution in [0.1, 0.15) is 70.7 Å². The first-order chi connectivity index (χ1) is 31.6. The van der Waals surface area contributed by atoms with Crippen LogP contribution in [0.15, 0.2) is 118 Å². The van der Waals surface area contributed by atoms with Crippen molar-refractivity contribution >= 4 is 116 Å². The van der Waals surface area contributed by atoms with Gasteiger partial charge in [0.05, 0.1) is 11.4 Å². The van der Waals surface area contributed by atoms with E-state index >= 15 is 0 Å². The van der Waals surface area contributed by atoms with Gasteiger partial charge in [0.2, 0.25) is 12.1 Å². The Labute approximate surface area is 402 Å². The molecule has 0 heterocycles. The van der Waals surface area contributed by atoms with E-state index < -0.39 is 47.3 Å². The number of Topliss-reactive ketones (excluding diaryl/α,β-unsaturated/α-hetero) is 2. The van der Waals surface area contributed by atoms with Crippen LogP contribution in [0.4, 0.5) is 34.1 Å². The highest BCUT2D eigenvalue weighted by Gasteiger charge is 2.27. The maximum absolute atomic E-state index is 13.6. The van der Waals surface area contributed by atoms with Gasteiger partial charge in [0.1, 0.15) is 0 Å². The lowest BCUT2D eigenvalue weighted by Gasteiger charge is -2.20. The Morgan fingerprint density at radius 3 is 1.20 bits per heavy atom. The molecule has 5 aromatic carbocycles. The summed E-state index contributed by atoms with van der Waals surface area (Å²) in [6.07, 6.45) is 2.19. The van der Waals surface area contributed by atoms with Crippen molar-refractivity contribution in [2.24, 2.45) is 20.5 Å². The van der Waals surface area contributed by atoms with Crippen molar-refractivity contribution in [1.82, 2.24) is 0 Å². The minimum atomic E-state index is -1.56. The average Bonchev–Trinajstić information content (AvgIpc) is 3.27. The molecule has 5 rings (SSSR count). The van der Waals surface area contributed by atoms with Gasteiger partial charge in [0.25, 0.3) is 23.6 Å². The molecule has 66 heavy (non-hydrogen) atoms. The van der Waals surface area contributed by atoms with Crippen LogP contribution < -0.4 is 21.3 Å². The number of hydrogen-bond donors (Lipinski definition) is 4. The maximum atomic E-state index is 13.6.